The van der Waals surface area contributed by atoms with E-state index < -0.39 is 18.0 Å². The van der Waals surface area contributed by atoms with E-state index in [0.717, 1.165) is 0 Å². The minimum absolute atomic E-state index is 0.296. The summed E-state index contributed by atoms with van der Waals surface area (Å²) < 4.78 is 5.36. The largest absolute Gasteiger partial charge is 0.479 e. The van der Waals surface area contributed by atoms with Crippen LogP contribution in [0.1, 0.15) is 13.8 Å². The molecule has 0 saturated carbocycles. The summed E-state index contributed by atoms with van der Waals surface area (Å²) >= 11 is 11.7. The Hall–Kier alpha value is -1.46. The molecule has 1 rings (SSSR count). The lowest BCUT2D eigenvalue weighted by atomic mass is 10.3. The van der Waals surface area contributed by atoms with Crippen molar-refractivity contribution in [2.24, 2.45) is 0 Å². The minimum Gasteiger partial charge on any atom is -0.479 e. The predicted molar refractivity (Wildman–Crippen MR) is 73.8 cm³/mol. The summed E-state index contributed by atoms with van der Waals surface area (Å²) in [7, 11) is 0. The third kappa shape index (κ3) is 4.96. The number of halogens is 2. The summed E-state index contributed by atoms with van der Waals surface area (Å²) in [4.78, 5) is 22.8. The third-order valence-corrected chi connectivity index (χ3v) is 2.67. The molecule has 0 heterocycles. The Bertz CT molecular complexity index is 480. The monoisotopic (exact) mass is 304 g/mol. The van der Waals surface area contributed by atoms with E-state index in [9.17, 15) is 9.59 Å². The number of imide groups is 1. The van der Waals surface area contributed by atoms with Gasteiger partial charge in [-0.25, -0.2) is 4.79 Å². The highest BCUT2D eigenvalue weighted by Gasteiger charge is 2.18. The zero-order chi connectivity index (χ0) is 14.4. The maximum Gasteiger partial charge on any atom is 0.321 e. The van der Waals surface area contributed by atoms with Gasteiger partial charge in [-0.3, -0.25) is 10.1 Å². The number of nitrogens with one attached hydrogen (secondary N) is 2. The van der Waals surface area contributed by atoms with Gasteiger partial charge in [0, 0.05) is 11.6 Å². The van der Waals surface area contributed by atoms with Crippen molar-refractivity contribution in [3.8, 4) is 5.75 Å². The second-order valence-corrected chi connectivity index (χ2v) is 4.53. The quantitative estimate of drug-likeness (QED) is 0.898. The van der Waals surface area contributed by atoms with Gasteiger partial charge >= 0.3 is 6.03 Å². The van der Waals surface area contributed by atoms with Crippen LogP contribution in [-0.4, -0.2) is 24.6 Å². The molecule has 1 aromatic rings. The third-order valence-electron chi connectivity index (χ3n) is 2.14. The highest BCUT2D eigenvalue weighted by Crippen LogP contribution is 2.28. The van der Waals surface area contributed by atoms with Gasteiger partial charge in [-0.15, -0.1) is 0 Å². The summed E-state index contributed by atoms with van der Waals surface area (Å²) in [6.45, 7) is 3.69. The maximum absolute atomic E-state index is 11.6. The lowest BCUT2D eigenvalue weighted by molar-refractivity contribution is -0.126. The van der Waals surface area contributed by atoms with Crippen molar-refractivity contribution in [3.63, 3.8) is 0 Å². The number of ether oxygens (including phenoxy) is 1. The molecule has 0 aliphatic rings. The van der Waals surface area contributed by atoms with Crippen LogP contribution in [0.4, 0.5) is 4.79 Å². The van der Waals surface area contributed by atoms with E-state index in [1.165, 1.54) is 13.0 Å². The van der Waals surface area contributed by atoms with Gasteiger partial charge in [0.15, 0.2) is 6.10 Å². The smallest absolute Gasteiger partial charge is 0.321 e. The summed E-state index contributed by atoms with van der Waals surface area (Å²) in [6, 6.07) is 4.09. The lowest BCUT2D eigenvalue weighted by Gasteiger charge is -2.15. The lowest BCUT2D eigenvalue weighted by Crippen LogP contribution is -2.45. The number of urea groups is 1. The van der Waals surface area contributed by atoms with E-state index in [0.29, 0.717) is 22.3 Å². The molecule has 1 aromatic carbocycles. The highest BCUT2D eigenvalue weighted by molar-refractivity contribution is 6.35. The average molecular weight is 305 g/mol. The molecular formula is C12H14Cl2N2O3. The molecule has 0 bridgehead atoms. The van der Waals surface area contributed by atoms with Crippen molar-refractivity contribution in [1.29, 1.82) is 0 Å². The molecule has 3 amide bonds. The van der Waals surface area contributed by atoms with Crippen LogP contribution in [-0.2, 0) is 4.79 Å². The molecule has 0 aliphatic carbocycles. The molecule has 2 N–H and O–H groups in total. The Kier molecular flexibility index (Phi) is 5.92. The minimum atomic E-state index is -0.860. The Morgan fingerprint density at radius 3 is 2.63 bits per heavy atom. The van der Waals surface area contributed by atoms with Crippen LogP contribution >= 0.6 is 23.2 Å². The van der Waals surface area contributed by atoms with Crippen LogP contribution in [0.25, 0.3) is 0 Å². The Balaban J connectivity index is 2.61. The maximum atomic E-state index is 11.6. The van der Waals surface area contributed by atoms with E-state index in [-0.39, 0.29) is 0 Å². The average Bonchev–Trinajstić information content (AvgIpc) is 2.32. The Morgan fingerprint density at radius 2 is 2.05 bits per heavy atom. The van der Waals surface area contributed by atoms with Crippen molar-refractivity contribution < 1.29 is 14.3 Å². The Morgan fingerprint density at radius 1 is 1.37 bits per heavy atom. The first-order valence-electron chi connectivity index (χ1n) is 5.64. The first-order chi connectivity index (χ1) is 8.93. The van der Waals surface area contributed by atoms with Crippen LogP contribution in [0.15, 0.2) is 18.2 Å². The number of hydrogen-bond donors (Lipinski definition) is 2. The fourth-order valence-electron chi connectivity index (χ4n) is 1.23. The second-order valence-electron chi connectivity index (χ2n) is 3.68. The fraction of sp³-hybridized carbons (Fsp3) is 0.333. The van der Waals surface area contributed by atoms with Crippen molar-refractivity contribution in [3.05, 3.63) is 28.2 Å². The summed E-state index contributed by atoms with van der Waals surface area (Å²) in [6.07, 6.45) is -0.860. The van der Waals surface area contributed by atoms with Crippen molar-refractivity contribution in [2.45, 2.75) is 20.0 Å². The van der Waals surface area contributed by atoms with Crippen LogP contribution in [0.3, 0.4) is 0 Å². The number of carbonyl (C=O) groups excluding carboxylic acids is 2. The summed E-state index contributed by atoms with van der Waals surface area (Å²) in [5.74, 6) is -0.235. The van der Waals surface area contributed by atoms with E-state index in [1.807, 2.05) is 0 Å². The number of rotatable bonds is 4. The molecule has 0 fully saturated rings. The van der Waals surface area contributed by atoms with Crippen LogP contribution in [0.2, 0.25) is 10.0 Å². The molecule has 19 heavy (non-hydrogen) atoms. The molecule has 5 nitrogen and oxygen atoms in total. The van der Waals surface area contributed by atoms with Gasteiger partial charge in [-0.1, -0.05) is 23.2 Å². The normalized spacial score (nSPS) is 11.6. The molecular weight excluding hydrogens is 291 g/mol. The molecule has 1 atom stereocenters. The van der Waals surface area contributed by atoms with E-state index in [4.69, 9.17) is 27.9 Å². The van der Waals surface area contributed by atoms with Crippen molar-refractivity contribution >= 4 is 35.1 Å². The van der Waals surface area contributed by atoms with Crippen LogP contribution in [0, 0.1) is 0 Å². The first-order valence-corrected chi connectivity index (χ1v) is 6.40. The number of benzene rings is 1. The molecule has 0 unspecified atom stereocenters. The van der Waals surface area contributed by atoms with Gasteiger partial charge in [0.25, 0.3) is 5.91 Å². The molecule has 0 aromatic heterocycles. The Labute approximate surface area is 121 Å². The van der Waals surface area contributed by atoms with E-state index >= 15 is 0 Å². The standard InChI is InChI=1S/C12H14Cl2N2O3/c1-3-15-12(18)16-11(17)7(2)19-10-5-4-8(13)6-9(10)14/h4-7H,3H2,1-2H3,(H2,15,16,17,18)/t7-/m1/s1. The van der Waals surface area contributed by atoms with Crippen LogP contribution < -0.4 is 15.4 Å². The first kappa shape index (κ1) is 15.6. The number of hydrogen-bond acceptors (Lipinski definition) is 3. The van der Waals surface area contributed by atoms with Crippen molar-refractivity contribution in [2.75, 3.05) is 6.54 Å². The highest BCUT2D eigenvalue weighted by atomic mass is 35.5. The van der Waals surface area contributed by atoms with Gasteiger partial charge in [0.1, 0.15) is 5.75 Å². The predicted octanol–water partition coefficient (Wildman–Crippen LogP) is 2.61. The molecule has 0 radical (unpaired) electrons. The van der Waals surface area contributed by atoms with Gasteiger partial charge in [0.05, 0.1) is 5.02 Å². The van der Waals surface area contributed by atoms with Crippen molar-refractivity contribution in [1.82, 2.24) is 10.6 Å². The number of amides is 3. The van der Waals surface area contributed by atoms with Gasteiger partial charge in [-0.05, 0) is 32.0 Å². The second kappa shape index (κ2) is 7.21. The van der Waals surface area contributed by atoms with Gasteiger partial charge in [-0.2, -0.15) is 0 Å². The zero-order valence-corrected chi connectivity index (χ0v) is 12.0. The van der Waals surface area contributed by atoms with Gasteiger partial charge < -0.3 is 10.1 Å². The summed E-state index contributed by atoms with van der Waals surface area (Å²) in [5, 5.41) is 5.36. The van der Waals surface area contributed by atoms with E-state index in [1.54, 1.807) is 19.1 Å². The topological polar surface area (TPSA) is 67.4 Å². The molecule has 0 spiro atoms. The zero-order valence-electron chi connectivity index (χ0n) is 10.5. The van der Waals surface area contributed by atoms with Gasteiger partial charge in [0.2, 0.25) is 0 Å². The molecule has 0 saturated heterocycles. The van der Waals surface area contributed by atoms with E-state index in [2.05, 4.69) is 10.6 Å². The van der Waals surface area contributed by atoms with Crippen LogP contribution in [0.5, 0.6) is 5.75 Å². The molecule has 0 aliphatic heterocycles. The molecule has 104 valence electrons. The fourth-order valence-corrected chi connectivity index (χ4v) is 1.69. The number of carbonyl (C=O) groups is 2. The molecule has 7 heteroatoms. The SMILES string of the molecule is CCNC(=O)NC(=O)[C@@H](C)Oc1ccc(Cl)cc1Cl. The summed E-state index contributed by atoms with van der Waals surface area (Å²) in [5.41, 5.74) is 0.